The normalized spacial score (nSPS) is 20.5. The molecule has 2 unspecified atom stereocenters. The Labute approximate surface area is 122 Å². The molecule has 1 aromatic carbocycles. The van der Waals surface area contributed by atoms with Gasteiger partial charge in [-0.05, 0) is 37.3 Å². The van der Waals surface area contributed by atoms with Crippen molar-refractivity contribution in [2.45, 2.75) is 46.1 Å². The van der Waals surface area contributed by atoms with Crippen molar-refractivity contribution in [2.24, 2.45) is 11.7 Å². The molecule has 2 rings (SSSR count). The number of nitrogens with zero attached hydrogens (tertiary/aromatic N) is 1. The fourth-order valence-electron chi connectivity index (χ4n) is 3.13. The van der Waals surface area contributed by atoms with Gasteiger partial charge in [0.05, 0.1) is 0 Å². The van der Waals surface area contributed by atoms with Crippen LogP contribution in [0.15, 0.2) is 18.2 Å². The molecule has 3 heteroatoms. The Bertz CT molecular complexity index is 484. The molecule has 0 aliphatic carbocycles. The SMILES string of the molecule is CCCC1CC(=O)N(CC(N)c2cc(C)ccc2C)C1. The summed E-state index contributed by atoms with van der Waals surface area (Å²) in [6, 6.07) is 6.27. The summed E-state index contributed by atoms with van der Waals surface area (Å²) in [5, 5.41) is 0. The van der Waals surface area contributed by atoms with Gasteiger partial charge >= 0.3 is 0 Å². The third-order valence-electron chi connectivity index (χ3n) is 4.24. The molecule has 2 atom stereocenters. The molecule has 2 N–H and O–H groups in total. The Morgan fingerprint density at radius 1 is 1.40 bits per heavy atom. The lowest BCUT2D eigenvalue weighted by molar-refractivity contribution is -0.127. The van der Waals surface area contributed by atoms with E-state index in [-0.39, 0.29) is 11.9 Å². The first kappa shape index (κ1) is 15.0. The van der Waals surface area contributed by atoms with E-state index >= 15 is 0 Å². The van der Waals surface area contributed by atoms with Crippen LogP contribution in [-0.4, -0.2) is 23.9 Å². The summed E-state index contributed by atoms with van der Waals surface area (Å²) in [6.45, 7) is 7.86. The van der Waals surface area contributed by atoms with Gasteiger partial charge in [-0.25, -0.2) is 0 Å². The smallest absolute Gasteiger partial charge is 0.222 e. The molecule has 20 heavy (non-hydrogen) atoms. The molecule has 110 valence electrons. The van der Waals surface area contributed by atoms with Gasteiger partial charge in [0, 0.05) is 25.6 Å². The Morgan fingerprint density at radius 3 is 2.85 bits per heavy atom. The van der Waals surface area contributed by atoms with Crippen molar-refractivity contribution in [2.75, 3.05) is 13.1 Å². The topological polar surface area (TPSA) is 46.3 Å². The van der Waals surface area contributed by atoms with Gasteiger partial charge in [-0.15, -0.1) is 0 Å². The highest BCUT2D eigenvalue weighted by molar-refractivity contribution is 5.78. The largest absolute Gasteiger partial charge is 0.340 e. The number of aryl methyl sites for hydroxylation is 2. The molecule has 0 saturated carbocycles. The standard InChI is InChI=1S/C17H26N2O/c1-4-5-14-9-17(20)19(10-14)11-16(18)15-8-12(2)6-7-13(15)3/h6-8,14,16H,4-5,9-11,18H2,1-3H3. The van der Waals surface area contributed by atoms with Gasteiger partial charge in [-0.1, -0.05) is 37.1 Å². The zero-order chi connectivity index (χ0) is 14.7. The lowest BCUT2D eigenvalue weighted by Gasteiger charge is -2.23. The maximum absolute atomic E-state index is 12.0. The van der Waals surface area contributed by atoms with E-state index in [1.165, 1.54) is 11.1 Å². The molecule has 1 aromatic rings. The zero-order valence-corrected chi connectivity index (χ0v) is 12.9. The summed E-state index contributed by atoms with van der Waals surface area (Å²) < 4.78 is 0. The summed E-state index contributed by atoms with van der Waals surface area (Å²) >= 11 is 0. The molecule has 0 radical (unpaired) electrons. The number of likely N-dealkylation sites (tertiary alicyclic amines) is 1. The number of carbonyl (C=O) groups is 1. The number of rotatable bonds is 5. The highest BCUT2D eigenvalue weighted by atomic mass is 16.2. The predicted molar refractivity (Wildman–Crippen MR) is 82.4 cm³/mol. The number of hydrogen-bond acceptors (Lipinski definition) is 2. The molecule has 1 heterocycles. The van der Waals surface area contributed by atoms with Gasteiger partial charge in [0.1, 0.15) is 0 Å². The molecule has 0 aromatic heterocycles. The Balaban J connectivity index is 2.02. The molecule has 3 nitrogen and oxygen atoms in total. The van der Waals surface area contributed by atoms with Crippen LogP contribution in [0.2, 0.25) is 0 Å². The first-order valence-corrected chi connectivity index (χ1v) is 7.61. The number of hydrogen-bond donors (Lipinski definition) is 1. The minimum atomic E-state index is -0.0840. The van der Waals surface area contributed by atoms with E-state index in [1.807, 2.05) is 4.90 Å². The highest BCUT2D eigenvalue weighted by Crippen LogP contribution is 2.25. The van der Waals surface area contributed by atoms with Crippen LogP contribution < -0.4 is 5.73 Å². The highest BCUT2D eigenvalue weighted by Gasteiger charge is 2.30. The lowest BCUT2D eigenvalue weighted by Crippen LogP contribution is -2.33. The first-order valence-electron chi connectivity index (χ1n) is 7.61. The van der Waals surface area contributed by atoms with E-state index in [9.17, 15) is 4.79 Å². The molecule has 1 fully saturated rings. The van der Waals surface area contributed by atoms with E-state index in [0.29, 0.717) is 18.9 Å². The second-order valence-electron chi connectivity index (χ2n) is 6.12. The van der Waals surface area contributed by atoms with Gasteiger partial charge in [0.15, 0.2) is 0 Å². The summed E-state index contributed by atoms with van der Waals surface area (Å²) in [4.78, 5) is 14.0. The molecule has 1 aliphatic rings. The van der Waals surface area contributed by atoms with Gasteiger partial charge in [-0.3, -0.25) is 4.79 Å². The Hall–Kier alpha value is -1.35. The van der Waals surface area contributed by atoms with Crippen LogP contribution in [0.1, 0.15) is 48.9 Å². The first-order chi connectivity index (χ1) is 9.51. The quantitative estimate of drug-likeness (QED) is 0.897. The van der Waals surface area contributed by atoms with Gasteiger partial charge in [0.25, 0.3) is 0 Å². The second-order valence-corrected chi connectivity index (χ2v) is 6.12. The van der Waals surface area contributed by atoms with Gasteiger partial charge in [-0.2, -0.15) is 0 Å². The third kappa shape index (κ3) is 3.40. The second kappa shape index (κ2) is 6.40. The number of carbonyl (C=O) groups excluding carboxylic acids is 1. The van der Waals surface area contributed by atoms with Crippen molar-refractivity contribution >= 4 is 5.91 Å². The summed E-state index contributed by atoms with van der Waals surface area (Å²) in [7, 11) is 0. The van der Waals surface area contributed by atoms with E-state index in [1.54, 1.807) is 0 Å². The van der Waals surface area contributed by atoms with Crippen LogP contribution in [0, 0.1) is 19.8 Å². The van der Waals surface area contributed by atoms with Crippen molar-refractivity contribution in [3.63, 3.8) is 0 Å². The molecule has 1 saturated heterocycles. The molecule has 1 amide bonds. The van der Waals surface area contributed by atoms with E-state index in [2.05, 4.69) is 39.0 Å². The monoisotopic (exact) mass is 274 g/mol. The molecule has 0 spiro atoms. The zero-order valence-electron chi connectivity index (χ0n) is 12.9. The summed E-state index contributed by atoms with van der Waals surface area (Å²) in [5.41, 5.74) is 9.92. The summed E-state index contributed by atoms with van der Waals surface area (Å²) in [6.07, 6.45) is 2.99. The molecular formula is C17H26N2O. The summed E-state index contributed by atoms with van der Waals surface area (Å²) in [5.74, 6) is 0.794. The van der Waals surface area contributed by atoms with Crippen molar-refractivity contribution in [1.82, 2.24) is 4.90 Å². The van der Waals surface area contributed by atoms with Crippen molar-refractivity contribution in [3.05, 3.63) is 34.9 Å². The number of nitrogens with two attached hydrogens (primary N) is 1. The average molecular weight is 274 g/mol. The van der Waals surface area contributed by atoms with Crippen LogP contribution in [-0.2, 0) is 4.79 Å². The van der Waals surface area contributed by atoms with Gasteiger partial charge in [0.2, 0.25) is 5.91 Å². The minimum Gasteiger partial charge on any atom is -0.340 e. The predicted octanol–water partition coefficient (Wildman–Crippen LogP) is 2.95. The number of benzene rings is 1. The fourth-order valence-corrected chi connectivity index (χ4v) is 3.13. The maximum atomic E-state index is 12.0. The van der Waals surface area contributed by atoms with Crippen molar-refractivity contribution in [1.29, 1.82) is 0 Å². The fraction of sp³-hybridized carbons (Fsp3) is 0.588. The molecular weight excluding hydrogens is 248 g/mol. The molecule has 0 bridgehead atoms. The van der Waals surface area contributed by atoms with Crippen molar-refractivity contribution < 1.29 is 4.79 Å². The van der Waals surface area contributed by atoms with Gasteiger partial charge < -0.3 is 10.6 Å². The average Bonchev–Trinajstić information content (AvgIpc) is 2.73. The lowest BCUT2D eigenvalue weighted by atomic mass is 9.99. The van der Waals surface area contributed by atoms with E-state index in [0.717, 1.165) is 24.9 Å². The van der Waals surface area contributed by atoms with E-state index in [4.69, 9.17) is 5.73 Å². The van der Waals surface area contributed by atoms with Crippen LogP contribution in [0.3, 0.4) is 0 Å². The van der Waals surface area contributed by atoms with Crippen LogP contribution in [0.5, 0.6) is 0 Å². The third-order valence-corrected chi connectivity index (χ3v) is 4.24. The van der Waals surface area contributed by atoms with Crippen LogP contribution in [0.4, 0.5) is 0 Å². The number of amides is 1. The van der Waals surface area contributed by atoms with Crippen molar-refractivity contribution in [3.8, 4) is 0 Å². The Kier molecular flexibility index (Phi) is 4.81. The molecule has 1 aliphatic heterocycles. The Morgan fingerprint density at radius 2 is 2.15 bits per heavy atom. The van der Waals surface area contributed by atoms with Crippen LogP contribution in [0.25, 0.3) is 0 Å². The van der Waals surface area contributed by atoms with Crippen LogP contribution >= 0.6 is 0 Å². The van der Waals surface area contributed by atoms with E-state index < -0.39 is 0 Å². The minimum absolute atomic E-state index is 0.0840. The maximum Gasteiger partial charge on any atom is 0.222 e.